The highest BCUT2D eigenvalue weighted by Crippen LogP contribution is 2.35. The number of pyridine rings is 1. The maximum atomic E-state index is 14.3. The van der Waals surface area contributed by atoms with Crippen LogP contribution < -0.4 is 14.5 Å². The van der Waals surface area contributed by atoms with E-state index >= 15 is 0 Å². The van der Waals surface area contributed by atoms with Gasteiger partial charge in [0.15, 0.2) is 0 Å². The molecule has 45 heavy (non-hydrogen) atoms. The third-order valence-electron chi connectivity index (χ3n) is 8.67. The van der Waals surface area contributed by atoms with E-state index in [1.165, 1.54) is 6.07 Å². The van der Waals surface area contributed by atoms with Crippen LogP contribution >= 0.6 is 0 Å². The van der Waals surface area contributed by atoms with Crippen molar-refractivity contribution >= 4 is 30.2 Å². The molecule has 0 spiro atoms. The lowest BCUT2D eigenvalue weighted by atomic mass is 10.0. The maximum absolute atomic E-state index is 14.3. The Morgan fingerprint density at radius 1 is 1.16 bits per heavy atom. The largest absolute Gasteiger partial charge is 0.473 e. The first-order valence-corrected chi connectivity index (χ1v) is 15.1. The topological polar surface area (TPSA) is 115 Å². The van der Waals surface area contributed by atoms with Gasteiger partial charge in [-0.3, -0.25) is 9.79 Å². The summed E-state index contributed by atoms with van der Waals surface area (Å²) in [5.74, 6) is 2.43. The Morgan fingerprint density at radius 2 is 1.93 bits per heavy atom. The minimum Gasteiger partial charge on any atom is -0.473 e. The average molecular weight is 615 g/mol. The van der Waals surface area contributed by atoms with E-state index in [9.17, 15) is 9.18 Å². The predicted octanol–water partition coefficient (Wildman–Crippen LogP) is 3.95. The number of hydrogen-bond acceptors (Lipinski definition) is 10. The summed E-state index contributed by atoms with van der Waals surface area (Å²) in [5, 5.41) is 15.9. The number of carbonyl (C=O) groups excluding carboxylic acids is 1. The van der Waals surface area contributed by atoms with Gasteiger partial charge in [0, 0.05) is 76.0 Å². The minimum absolute atomic E-state index is 0.0444. The third-order valence-corrected chi connectivity index (χ3v) is 8.67. The second-order valence-electron chi connectivity index (χ2n) is 11.6. The molecule has 4 heterocycles. The van der Waals surface area contributed by atoms with Gasteiger partial charge in [0.2, 0.25) is 5.88 Å². The molecule has 0 radical (unpaired) electrons. The normalized spacial score (nSPS) is 19.1. The zero-order valence-corrected chi connectivity index (χ0v) is 25.5. The van der Waals surface area contributed by atoms with Gasteiger partial charge in [-0.2, -0.15) is 10.2 Å². The zero-order chi connectivity index (χ0) is 31.8. The summed E-state index contributed by atoms with van der Waals surface area (Å²) in [6.07, 6.45) is 0.875. The number of fused-ring (bicyclic) bond motifs is 1. The van der Waals surface area contributed by atoms with Crippen molar-refractivity contribution in [2.24, 2.45) is 22.7 Å². The molecule has 3 aromatic rings. The fourth-order valence-corrected chi connectivity index (χ4v) is 6.28. The maximum Gasteiger partial charge on any atom is 0.215 e. The van der Waals surface area contributed by atoms with Gasteiger partial charge < -0.3 is 29.3 Å². The van der Waals surface area contributed by atoms with Gasteiger partial charge in [0.25, 0.3) is 0 Å². The molecule has 0 amide bonds. The molecule has 10 nitrogen and oxygen atoms in total. The van der Waals surface area contributed by atoms with E-state index in [0.29, 0.717) is 34.8 Å². The highest BCUT2D eigenvalue weighted by molar-refractivity contribution is 5.81. The van der Waals surface area contributed by atoms with Crippen LogP contribution in [0.4, 0.5) is 21.6 Å². The second kappa shape index (κ2) is 15.1. The number of aliphatic imine (C=N–C) groups is 1. The van der Waals surface area contributed by atoms with Crippen LogP contribution in [0.5, 0.6) is 5.88 Å². The van der Waals surface area contributed by atoms with Gasteiger partial charge >= 0.3 is 0 Å². The summed E-state index contributed by atoms with van der Waals surface area (Å²) in [6, 6.07) is 17.6. The Balaban J connectivity index is 0.00000196. The number of nitrogens with zero attached hydrogens (tertiary/aromatic N) is 6. The molecule has 1 N–H and O–H groups in total. The number of aliphatic hydroxyl groups excluding tert-OH is 1. The molecule has 0 bridgehead atoms. The van der Waals surface area contributed by atoms with E-state index < -0.39 is 5.82 Å². The number of hydrogen-bond donors (Lipinski definition) is 1. The number of halogens is 1. The van der Waals surface area contributed by atoms with E-state index in [0.717, 1.165) is 89.6 Å². The molecule has 2 atom stereocenters. The Morgan fingerprint density at radius 3 is 2.58 bits per heavy atom. The number of benzene rings is 2. The van der Waals surface area contributed by atoms with Crippen molar-refractivity contribution in [2.75, 3.05) is 75.9 Å². The van der Waals surface area contributed by atoms with Crippen molar-refractivity contribution in [3.8, 4) is 11.9 Å². The first kappa shape index (κ1) is 32.0. The SMILES string of the molecule is C=Nc1ccc(C=O)cc1N(CCN1CC2CN(c3cccc(OCc4ccc(C#N)cc4F)n3)CC2C1)CC1COC1.CO. The molecule has 3 aliphatic rings. The number of aldehydes is 1. The fraction of sp³-hybridized carbons (Fsp3) is 0.412. The summed E-state index contributed by atoms with van der Waals surface area (Å²) in [7, 11) is 1.00. The lowest BCUT2D eigenvalue weighted by Crippen LogP contribution is -2.43. The van der Waals surface area contributed by atoms with Gasteiger partial charge in [-0.1, -0.05) is 12.1 Å². The summed E-state index contributed by atoms with van der Waals surface area (Å²) >= 11 is 0. The smallest absolute Gasteiger partial charge is 0.215 e. The molecule has 6 rings (SSSR count). The number of rotatable bonds is 12. The number of anilines is 2. The molecule has 2 unspecified atom stereocenters. The molecule has 0 saturated carbocycles. The van der Waals surface area contributed by atoms with E-state index in [2.05, 4.69) is 26.4 Å². The molecule has 2 aromatic carbocycles. The van der Waals surface area contributed by atoms with Crippen LogP contribution in [0.1, 0.15) is 21.5 Å². The molecule has 11 heteroatoms. The number of ether oxygens (including phenoxy) is 2. The quantitative estimate of drug-likeness (QED) is 0.239. The van der Waals surface area contributed by atoms with E-state index in [4.69, 9.17) is 24.8 Å². The molecule has 0 aliphatic carbocycles. The van der Waals surface area contributed by atoms with Gasteiger partial charge in [-0.25, -0.2) is 4.39 Å². The van der Waals surface area contributed by atoms with Crippen molar-refractivity contribution in [2.45, 2.75) is 6.61 Å². The van der Waals surface area contributed by atoms with Gasteiger partial charge in [-0.15, -0.1) is 0 Å². The number of aromatic nitrogens is 1. The van der Waals surface area contributed by atoms with Crippen LogP contribution in [0.15, 0.2) is 59.6 Å². The highest BCUT2D eigenvalue weighted by Gasteiger charge is 2.40. The van der Waals surface area contributed by atoms with E-state index in [-0.39, 0.29) is 12.2 Å². The van der Waals surface area contributed by atoms with Crippen LogP contribution in [0.2, 0.25) is 0 Å². The predicted molar refractivity (Wildman–Crippen MR) is 171 cm³/mol. The number of likely N-dealkylation sites (tertiary alicyclic amines) is 1. The van der Waals surface area contributed by atoms with Crippen molar-refractivity contribution in [3.63, 3.8) is 0 Å². The summed E-state index contributed by atoms with van der Waals surface area (Å²) in [6.45, 7) is 11.8. The first-order chi connectivity index (χ1) is 22.0. The number of nitriles is 1. The van der Waals surface area contributed by atoms with Gasteiger partial charge in [-0.05, 0) is 55.0 Å². The molecular formula is C34H39FN6O4. The third kappa shape index (κ3) is 7.65. The van der Waals surface area contributed by atoms with Crippen molar-refractivity contribution in [1.29, 1.82) is 5.26 Å². The Bertz CT molecular complexity index is 1510. The second-order valence-corrected chi connectivity index (χ2v) is 11.6. The van der Waals surface area contributed by atoms with Crippen LogP contribution in [-0.2, 0) is 11.3 Å². The van der Waals surface area contributed by atoms with E-state index in [1.54, 1.807) is 24.3 Å². The Kier molecular flexibility index (Phi) is 10.7. The Hall–Kier alpha value is -4.37. The summed E-state index contributed by atoms with van der Waals surface area (Å²) < 4.78 is 25.5. The van der Waals surface area contributed by atoms with Crippen molar-refractivity contribution in [1.82, 2.24) is 9.88 Å². The summed E-state index contributed by atoms with van der Waals surface area (Å²) in [5.41, 5.74) is 3.05. The van der Waals surface area contributed by atoms with Crippen LogP contribution in [0.3, 0.4) is 0 Å². The standard InChI is InChI=1S/C33H35FN6O3.CH4O/c1-36-30-8-6-24(19-41)12-31(30)39(14-25-20-42-21-25)10-9-38-15-27-17-40(18-28(27)16-38)32-3-2-4-33(37-32)43-22-26-7-5-23(13-35)11-29(26)34;1-2/h2-8,11-12,19,25,27-28H,1,9-10,14-18,20-22H2;2H,1H3. The van der Waals surface area contributed by atoms with E-state index in [1.807, 2.05) is 30.3 Å². The highest BCUT2D eigenvalue weighted by atomic mass is 19.1. The molecule has 3 aliphatic heterocycles. The lowest BCUT2D eigenvalue weighted by molar-refractivity contribution is -0.0277. The molecule has 3 fully saturated rings. The molecule has 1 aromatic heterocycles. The van der Waals surface area contributed by atoms with Gasteiger partial charge in [0.1, 0.15) is 24.5 Å². The van der Waals surface area contributed by atoms with Crippen LogP contribution in [0.25, 0.3) is 0 Å². The van der Waals surface area contributed by atoms with Crippen molar-refractivity contribution in [3.05, 3.63) is 77.1 Å². The molecular weight excluding hydrogens is 575 g/mol. The lowest BCUT2D eigenvalue weighted by Gasteiger charge is -2.35. The van der Waals surface area contributed by atoms with Crippen LogP contribution in [0, 0.1) is 34.9 Å². The number of aliphatic hydroxyl groups is 1. The average Bonchev–Trinajstić information content (AvgIpc) is 3.63. The monoisotopic (exact) mass is 614 g/mol. The first-order valence-electron chi connectivity index (χ1n) is 15.1. The minimum atomic E-state index is -0.459. The van der Waals surface area contributed by atoms with Gasteiger partial charge in [0.05, 0.1) is 36.2 Å². The summed E-state index contributed by atoms with van der Waals surface area (Å²) in [4.78, 5) is 27.6. The zero-order valence-electron chi connectivity index (χ0n) is 25.5. The number of carbonyl (C=O) groups is 1. The molecule has 236 valence electrons. The van der Waals surface area contributed by atoms with Crippen molar-refractivity contribution < 1.29 is 23.8 Å². The fourth-order valence-electron chi connectivity index (χ4n) is 6.28. The van der Waals surface area contributed by atoms with Crippen LogP contribution in [-0.4, -0.2) is 94.1 Å². The molecule has 3 saturated heterocycles. The Labute approximate surface area is 263 Å².